The summed E-state index contributed by atoms with van der Waals surface area (Å²) in [5.41, 5.74) is 6.04. The molecule has 4 heteroatoms. The fourth-order valence-electron chi connectivity index (χ4n) is 2.31. The second-order valence-electron chi connectivity index (χ2n) is 5.20. The van der Waals surface area contributed by atoms with Crippen LogP contribution in [0.25, 0.3) is 0 Å². The molecule has 0 bridgehead atoms. The normalized spacial score (nSPS) is 26.2. The van der Waals surface area contributed by atoms with Crippen LogP contribution in [-0.2, 0) is 5.54 Å². The summed E-state index contributed by atoms with van der Waals surface area (Å²) in [6, 6.07) is 0.389. The van der Waals surface area contributed by atoms with Gasteiger partial charge >= 0.3 is 0 Å². The smallest absolute Gasteiger partial charge is 0.112 e. The van der Waals surface area contributed by atoms with Crippen molar-refractivity contribution in [3.63, 3.8) is 0 Å². The van der Waals surface area contributed by atoms with E-state index in [2.05, 4.69) is 24.1 Å². The Morgan fingerprint density at radius 1 is 1.56 bits per heavy atom. The first kappa shape index (κ1) is 12.0. The van der Waals surface area contributed by atoms with Crippen molar-refractivity contribution in [3.8, 4) is 0 Å². The van der Waals surface area contributed by atoms with E-state index in [0.717, 1.165) is 11.6 Å². The molecule has 0 saturated heterocycles. The van der Waals surface area contributed by atoms with Crippen molar-refractivity contribution in [1.29, 1.82) is 0 Å². The van der Waals surface area contributed by atoms with E-state index in [-0.39, 0.29) is 5.54 Å². The number of hydrogen-bond acceptors (Lipinski definition) is 4. The van der Waals surface area contributed by atoms with Crippen LogP contribution in [0, 0.1) is 5.92 Å². The zero-order valence-electron chi connectivity index (χ0n) is 10.1. The van der Waals surface area contributed by atoms with E-state index in [9.17, 15) is 0 Å². The molecule has 2 atom stereocenters. The molecule has 16 heavy (non-hydrogen) atoms. The summed E-state index contributed by atoms with van der Waals surface area (Å²) in [5.74, 6) is 0.638. The van der Waals surface area contributed by atoms with Gasteiger partial charge in [-0.2, -0.15) is 0 Å². The van der Waals surface area contributed by atoms with Gasteiger partial charge in [-0.3, -0.25) is 0 Å². The summed E-state index contributed by atoms with van der Waals surface area (Å²) < 4.78 is 0. The molecule has 3 N–H and O–H groups in total. The second-order valence-corrected chi connectivity index (χ2v) is 6.09. The highest BCUT2D eigenvalue weighted by Gasteiger charge is 2.28. The zero-order valence-corrected chi connectivity index (χ0v) is 10.9. The van der Waals surface area contributed by atoms with Crippen LogP contribution in [0.5, 0.6) is 0 Å². The summed E-state index contributed by atoms with van der Waals surface area (Å²) in [6.45, 7) is 5.38. The highest BCUT2D eigenvalue weighted by Crippen LogP contribution is 2.26. The zero-order chi connectivity index (χ0) is 11.6. The van der Waals surface area contributed by atoms with Crippen molar-refractivity contribution in [3.05, 3.63) is 16.6 Å². The predicted octanol–water partition coefficient (Wildman–Crippen LogP) is 2.10. The van der Waals surface area contributed by atoms with Crippen molar-refractivity contribution < 1.29 is 0 Å². The molecule has 3 nitrogen and oxygen atoms in total. The van der Waals surface area contributed by atoms with Gasteiger partial charge in [0.25, 0.3) is 0 Å². The number of nitrogens with two attached hydrogens (primary N) is 1. The van der Waals surface area contributed by atoms with Crippen LogP contribution in [0.4, 0.5) is 0 Å². The fourth-order valence-corrected chi connectivity index (χ4v) is 3.05. The van der Waals surface area contributed by atoms with E-state index in [1.54, 1.807) is 11.3 Å². The van der Waals surface area contributed by atoms with Gasteiger partial charge in [-0.25, -0.2) is 4.98 Å². The summed E-state index contributed by atoms with van der Waals surface area (Å²) in [4.78, 5) is 4.38. The van der Waals surface area contributed by atoms with Gasteiger partial charge in [-0.1, -0.05) is 6.42 Å². The molecule has 0 radical (unpaired) electrons. The van der Waals surface area contributed by atoms with E-state index in [4.69, 9.17) is 5.73 Å². The van der Waals surface area contributed by atoms with Crippen molar-refractivity contribution in [2.75, 3.05) is 6.54 Å². The largest absolute Gasteiger partial charge is 0.327 e. The lowest BCUT2D eigenvalue weighted by atomic mass is 10.0. The lowest BCUT2D eigenvalue weighted by molar-refractivity contribution is 0.341. The molecule has 0 aliphatic heterocycles. The molecule has 1 aromatic rings. The predicted molar refractivity (Wildman–Crippen MR) is 68.5 cm³/mol. The lowest BCUT2D eigenvalue weighted by Crippen LogP contribution is -2.42. The molecule has 1 heterocycles. The van der Waals surface area contributed by atoms with Crippen LogP contribution in [0.3, 0.4) is 0 Å². The Labute approximate surface area is 101 Å². The highest BCUT2D eigenvalue weighted by atomic mass is 32.1. The quantitative estimate of drug-likeness (QED) is 0.846. The van der Waals surface area contributed by atoms with Crippen LogP contribution < -0.4 is 11.1 Å². The van der Waals surface area contributed by atoms with E-state index < -0.39 is 0 Å². The maximum absolute atomic E-state index is 6.07. The van der Waals surface area contributed by atoms with Crippen molar-refractivity contribution in [2.24, 2.45) is 11.7 Å². The van der Waals surface area contributed by atoms with E-state index >= 15 is 0 Å². The summed E-state index contributed by atoms with van der Waals surface area (Å²) >= 11 is 1.71. The third-order valence-corrected chi connectivity index (χ3v) is 4.59. The maximum atomic E-state index is 6.07. The monoisotopic (exact) mass is 239 g/mol. The fraction of sp³-hybridized carbons (Fsp3) is 0.750. The molecular formula is C12H21N3S. The summed E-state index contributed by atoms with van der Waals surface area (Å²) in [6.07, 6.45) is 5.60. The second kappa shape index (κ2) is 4.82. The third-order valence-electron chi connectivity index (χ3n) is 3.49. The first-order valence-corrected chi connectivity index (χ1v) is 6.88. The van der Waals surface area contributed by atoms with Crippen LogP contribution in [0.1, 0.15) is 38.1 Å². The van der Waals surface area contributed by atoms with Gasteiger partial charge in [-0.05, 0) is 32.6 Å². The van der Waals surface area contributed by atoms with Gasteiger partial charge in [0.05, 0.1) is 5.54 Å². The first-order chi connectivity index (χ1) is 7.59. The van der Waals surface area contributed by atoms with Gasteiger partial charge in [0.1, 0.15) is 5.01 Å². The lowest BCUT2D eigenvalue weighted by Gasteiger charge is -2.27. The Hall–Kier alpha value is -0.450. The summed E-state index contributed by atoms with van der Waals surface area (Å²) in [5, 5.41) is 6.78. The molecule has 1 aliphatic carbocycles. The van der Waals surface area contributed by atoms with Crippen molar-refractivity contribution in [1.82, 2.24) is 10.3 Å². The van der Waals surface area contributed by atoms with Crippen LogP contribution in [-0.4, -0.2) is 17.6 Å². The number of rotatable bonds is 4. The molecule has 2 unspecified atom stereocenters. The number of hydrogen-bond donors (Lipinski definition) is 2. The van der Waals surface area contributed by atoms with Gasteiger partial charge in [0.15, 0.2) is 0 Å². The van der Waals surface area contributed by atoms with Crippen LogP contribution in [0.15, 0.2) is 11.6 Å². The van der Waals surface area contributed by atoms with Gasteiger partial charge in [0.2, 0.25) is 0 Å². The summed E-state index contributed by atoms with van der Waals surface area (Å²) in [7, 11) is 0. The average molecular weight is 239 g/mol. The molecule has 1 aromatic heterocycles. The minimum absolute atomic E-state index is 0.0313. The molecule has 90 valence electrons. The van der Waals surface area contributed by atoms with Gasteiger partial charge in [0, 0.05) is 24.2 Å². The molecule has 1 fully saturated rings. The Morgan fingerprint density at radius 3 is 2.94 bits per heavy atom. The standard InChI is InChI=1S/C12H21N3S/c1-12(2,11-14-6-7-16-11)15-8-9-4-3-5-10(9)13/h6-7,9-10,15H,3-5,8,13H2,1-2H3. The highest BCUT2D eigenvalue weighted by molar-refractivity contribution is 7.09. The number of thiazole rings is 1. The van der Waals surface area contributed by atoms with Crippen molar-refractivity contribution in [2.45, 2.75) is 44.7 Å². The Kier molecular flexibility index (Phi) is 3.62. The molecule has 0 spiro atoms. The molecule has 1 saturated carbocycles. The SMILES string of the molecule is CC(C)(NCC1CCCC1N)c1nccs1. The molecule has 0 aromatic carbocycles. The van der Waals surface area contributed by atoms with Gasteiger partial charge < -0.3 is 11.1 Å². The first-order valence-electron chi connectivity index (χ1n) is 6.00. The molecule has 0 amide bonds. The molecule has 1 aliphatic rings. The topological polar surface area (TPSA) is 50.9 Å². The molecular weight excluding hydrogens is 218 g/mol. The Morgan fingerprint density at radius 2 is 2.38 bits per heavy atom. The minimum atomic E-state index is -0.0313. The number of aromatic nitrogens is 1. The maximum Gasteiger partial charge on any atom is 0.112 e. The molecule has 2 rings (SSSR count). The van der Waals surface area contributed by atoms with E-state index in [0.29, 0.717) is 12.0 Å². The Balaban J connectivity index is 1.89. The number of nitrogens with zero attached hydrogens (tertiary/aromatic N) is 1. The third kappa shape index (κ3) is 2.62. The van der Waals surface area contributed by atoms with Gasteiger partial charge in [-0.15, -0.1) is 11.3 Å². The van der Waals surface area contributed by atoms with E-state index in [1.165, 1.54) is 19.3 Å². The minimum Gasteiger partial charge on any atom is -0.327 e. The number of nitrogens with one attached hydrogen (secondary N) is 1. The average Bonchev–Trinajstić information content (AvgIpc) is 2.85. The van der Waals surface area contributed by atoms with Crippen LogP contribution in [0.2, 0.25) is 0 Å². The van der Waals surface area contributed by atoms with Crippen LogP contribution >= 0.6 is 11.3 Å². The Bertz CT molecular complexity index is 321. The van der Waals surface area contributed by atoms with Crippen molar-refractivity contribution >= 4 is 11.3 Å². The van der Waals surface area contributed by atoms with E-state index in [1.807, 2.05) is 11.6 Å².